The van der Waals surface area contributed by atoms with Crippen LogP contribution in [0, 0.1) is 5.82 Å². The number of hydrogen-bond donors (Lipinski definition) is 1. The number of anilines is 1. The Balaban J connectivity index is 2.24. The molecule has 1 rings (SSSR count). The number of unbranched alkanes of at least 4 members (excludes halogenated alkanes) is 2. The predicted molar refractivity (Wildman–Crippen MR) is 80.7 cm³/mol. The molecular weight excluding hydrogens is 245 g/mol. The molecule has 1 atom stereocenters. The van der Waals surface area contributed by atoms with Crippen LogP contribution in [-0.4, -0.2) is 11.1 Å². The normalized spacial score (nSPS) is 12.4. The van der Waals surface area contributed by atoms with Gasteiger partial charge in [-0.05, 0) is 25.0 Å². The van der Waals surface area contributed by atoms with Gasteiger partial charge in [0.15, 0.2) is 0 Å². The van der Waals surface area contributed by atoms with Gasteiger partial charge in [0.2, 0.25) is 0 Å². The Morgan fingerprint density at radius 2 is 2.00 bits per heavy atom. The molecule has 0 aromatic heterocycles. The van der Waals surface area contributed by atoms with Gasteiger partial charge in [-0.1, -0.05) is 45.2 Å². The summed E-state index contributed by atoms with van der Waals surface area (Å²) in [5.41, 5.74) is 0.605. The number of halogens is 1. The molecule has 0 spiro atoms. The third-order valence-corrected chi connectivity index (χ3v) is 4.39. The van der Waals surface area contributed by atoms with Gasteiger partial charge in [-0.2, -0.15) is 0 Å². The van der Waals surface area contributed by atoms with E-state index in [1.165, 1.54) is 38.2 Å². The van der Waals surface area contributed by atoms with Crippen LogP contribution in [0.5, 0.6) is 0 Å². The zero-order valence-electron chi connectivity index (χ0n) is 11.4. The van der Waals surface area contributed by atoms with Crippen LogP contribution in [0.25, 0.3) is 0 Å². The number of thioether (sulfide) groups is 1. The van der Waals surface area contributed by atoms with Crippen LogP contribution < -0.4 is 5.32 Å². The van der Waals surface area contributed by atoms with Crippen LogP contribution >= 0.6 is 11.8 Å². The Bertz CT molecular complexity index is 330. The van der Waals surface area contributed by atoms with Gasteiger partial charge in [-0.3, -0.25) is 0 Å². The molecule has 1 N–H and O–H groups in total. The number of rotatable bonds is 9. The first-order valence-electron chi connectivity index (χ1n) is 6.87. The Morgan fingerprint density at radius 1 is 1.22 bits per heavy atom. The first-order valence-corrected chi connectivity index (χ1v) is 7.92. The lowest BCUT2D eigenvalue weighted by Crippen LogP contribution is -2.07. The van der Waals surface area contributed by atoms with Crippen LogP contribution in [0.3, 0.4) is 0 Å². The molecule has 0 amide bonds. The van der Waals surface area contributed by atoms with E-state index < -0.39 is 0 Å². The molecule has 0 radical (unpaired) electrons. The largest absolute Gasteiger partial charge is 0.374 e. The van der Waals surface area contributed by atoms with Crippen LogP contribution in [0.15, 0.2) is 24.3 Å². The molecule has 0 fully saturated rings. The van der Waals surface area contributed by atoms with Crippen molar-refractivity contribution in [3.8, 4) is 0 Å². The average Bonchev–Trinajstić information content (AvgIpc) is 2.39. The van der Waals surface area contributed by atoms with Crippen molar-refractivity contribution >= 4 is 17.4 Å². The maximum Gasteiger partial charge on any atom is 0.146 e. The van der Waals surface area contributed by atoms with Crippen molar-refractivity contribution in [3.63, 3.8) is 0 Å². The van der Waals surface area contributed by atoms with E-state index in [4.69, 9.17) is 0 Å². The first-order chi connectivity index (χ1) is 8.77. The summed E-state index contributed by atoms with van der Waals surface area (Å²) >= 11 is 1.90. The molecule has 0 unspecified atom stereocenters. The van der Waals surface area contributed by atoms with Crippen molar-refractivity contribution in [2.24, 2.45) is 0 Å². The number of para-hydroxylation sites is 1. The molecule has 0 bridgehead atoms. The molecule has 1 aromatic carbocycles. The van der Waals surface area contributed by atoms with Crippen molar-refractivity contribution in [2.75, 3.05) is 11.2 Å². The van der Waals surface area contributed by atoms with Crippen molar-refractivity contribution in [3.05, 3.63) is 30.1 Å². The predicted octanol–water partition coefficient (Wildman–Crippen LogP) is 5.29. The Kier molecular flexibility index (Phi) is 7.90. The summed E-state index contributed by atoms with van der Waals surface area (Å²) in [6, 6.07) is 6.85. The topological polar surface area (TPSA) is 12.0 Å². The van der Waals surface area contributed by atoms with Crippen molar-refractivity contribution < 1.29 is 4.39 Å². The standard InChI is InChI=1S/C15H24FNS/c1-3-5-6-9-13(4-2)18-12-17-15-11-8-7-10-14(15)16/h7-8,10-11,13,17H,3-6,9,12H2,1-2H3/t13-/m1/s1. The minimum absolute atomic E-state index is 0.169. The van der Waals surface area contributed by atoms with E-state index in [1.807, 2.05) is 17.8 Å². The second-order valence-corrected chi connectivity index (χ2v) is 5.78. The molecular formula is C15H24FNS. The zero-order chi connectivity index (χ0) is 13.2. The highest BCUT2D eigenvalue weighted by molar-refractivity contribution is 7.99. The van der Waals surface area contributed by atoms with Gasteiger partial charge in [0, 0.05) is 5.25 Å². The molecule has 18 heavy (non-hydrogen) atoms. The highest BCUT2D eigenvalue weighted by Gasteiger charge is 2.06. The Hall–Kier alpha value is -0.700. The van der Waals surface area contributed by atoms with E-state index in [1.54, 1.807) is 12.1 Å². The molecule has 1 nitrogen and oxygen atoms in total. The number of hydrogen-bond acceptors (Lipinski definition) is 2. The third kappa shape index (κ3) is 5.76. The van der Waals surface area contributed by atoms with E-state index >= 15 is 0 Å². The Morgan fingerprint density at radius 3 is 2.67 bits per heavy atom. The lowest BCUT2D eigenvalue weighted by atomic mass is 10.1. The summed E-state index contributed by atoms with van der Waals surface area (Å²) in [6.45, 7) is 4.46. The van der Waals surface area contributed by atoms with Gasteiger partial charge < -0.3 is 5.32 Å². The van der Waals surface area contributed by atoms with Crippen LogP contribution in [0.1, 0.15) is 46.0 Å². The quantitative estimate of drug-likeness (QED) is 0.483. The van der Waals surface area contributed by atoms with Crippen molar-refractivity contribution in [2.45, 2.75) is 51.2 Å². The minimum atomic E-state index is -0.169. The maximum absolute atomic E-state index is 13.4. The van der Waals surface area contributed by atoms with Gasteiger partial charge in [-0.15, -0.1) is 11.8 Å². The zero-order valence-corrected chi connectivity index (χ0v) is 12.2. The SMILES string of the molecule is CCCCC[C@@H](CC)SCNc1ccccc1F. The van der Waals surface area contributed by atoms with Gasteiger partial charge in [0.1, 0.15) is 5.82 Å². The highest BCUT2D eigenvalue weighted by Crippen LogP contribution is 2.22. The van der Waals surface area contributed by atoms with Crippen molar-refractivity contribution in [1.82, 2.24) is 0 Å². The van der Waals surface area contributed by atoms with E-state index in [2.05, 4.69) is 19.2 Å². The number of benzene rings is 1. The van der Waals surface area contributed by atoms with Crippen LogP contribution in [0.4, 0.5) is 10.1 Å². The van der Waals surface area contributed by atoms with Gasteiger partial charge in [0.05, 0.1) is 11.6 Å². The maximum atomic E-state index is 13.4. The average molecular weight is 269 g/mol. The number of nitrogens with one attached hydrogen (secondary N) is 1. The summed E-state index contributed by atoms with van der Waals surface area (Å²) in [6.07, 6.45) is 6.36. The van der Waals surface area contributed by atoms with Crippen molar-refractivity contribution in [1.29, 1.82) is 0 Å². The molecule has 0 saturated carbocycles. The van der Waals surface area contributed by atoms with Gasteiger partial charge in [-0.25, -0.2) is 4.39 Å². The summed E-state index contributed by atoms with van der Waals surface area (Å²) in [7, 11) is 0. The fourth-order valence-electron chi connectivity index (χ4n) is 1.87. The molecule has 1 aromatic rings. The van der Waals surface area contributed by atoms with E-state index in [0.717, 1.165) is 5.88 Å². The van der Waals surface area contributed by atoms with Crippen LogP contribution in [0.2, 0.25) is 0 Å². The fourth-order valence-corrected chi connectivity index (χ4v) is 2.91. The molecule has 0 saturated heterocycles. The monoisotopic (exact) mass is 269 g/mol. The second-order valence-electron chi connectivity index (χ2n) is 4.49. The van der Waals surface area contributed by atoms with Crippen LogP contribution in [-0.2, 0) is 0 Å². The molecule has 0 aliphatic heterocycles. The van der Waals surface area contributed by atoms with E-state index in [-0.39, 0.29) is 5.82 Å². The molecule has 102 valence electrons. The fraction of sp³-hybridized carbons (Fsp3) is 0.600. The van der Waals surface area contributed by atoms with Gasteiger partial charge >= 0.3 is 0 Å². The minimum Gasteiger partial charge on any atom is -0.374 e. The molecule has 0 aliphatic carbocycles. The first kappa shape index (κ1) is 15.4. The molecule has 0 heterocycles. The van der Waals surface area contributed by atoms with E-state index in [9.17, 15) is 4.39 Å². The highest BCUT2D eigenvalue weighted by atomic mass is 32.2. The summed E-state index contributed by atoms with van der Waals surface area (Å²) in [5, 5.41) is 3.85. The third-order valence-electron chi connectivity index (χ3n) is 3.04. The summed E-state index contributed by atoms with van der Waals surface area (Å²) in [5.74, 6) is 0.614. The lowest BCUT2D eigenvalue weighted by molar-refractivity contribution is 0.630. The summed E-state index contributed by atoms with van der Waals surface area (Å²) < 4.78 is 13.4. The van der Waals surface area contributed by atoms with Gasteiger partial charge in [0.25, 0.3) is 0 Å². The molecule has 0 aliphatic rings. The Labute approximate surface area is 115 Å². The summed E-state index contributed by atoms with van der Waals surface area (Å²) in [4.78, 5) is 0. The van der Waals surface area contributed by atoms with E-state index in [0.29, 0.717) is 10.9 Å². The second kappa shape index (κ2) is 9.26. The molecule has 3 heteroatoms. The lowest BCUT2D eigenvalue weighted by Gasteiger charge is -2.15. The smallest absolute Gasteiger partial charge is 0.146 e.